The molecular weight excluding hydrogens is 753 g/mol. The van der Waals surface area contributed by atoms with Crippen LogP contribution in [0.2, 0.25) is 0 Å². The van der Waals surface area contributed by atoms with Gasteiger partial charge in [-0.15, -0.1) is 0 Å². The molecule has 62 heavy (non-hydrogen) atoms. The normalized spacial score (nSPS) is 15.2. The van der Waals surface area contributed by atoms with Gasteiger partial charge < -0.3 is 0 Å². The van der Waals surface area contributed by atoms with Crippen molar-refractivity contribution in [2.24, 2.45) is 21.7 Å². The fourth-order valence-corrected chi connectivity index (χ4v) is 8.52. The molecule has 2 aliphatic carbocycles. The van der Waals surface area contributed by atoms with Crippen LogP contribution in [0.25, 0.3) is 33.4 Å². The highest BCUT2D eigenvalue weighted by molar-refractivity contribution is 6.14. The van der Waals surface area contributed by atoms with Gasteiger partial charge in [0.2, 0.25) is 0 Å². The molecule has 5 aromatic rings. The predicted octanol–water partition coefficient (Wildman–Crippen LogP) is 15.7. The third kappa shape index (κ3) is 9.21. The van der Waals surface area contributed by atoms with E-state index >= 15 is 0 Å². The second kappa shape index (κ2) is 16.6. The van der Waals surface area contributed by atoms with E-state index in [1.54, 1.807) is 0 Å². The van der Waals surface area contributed by atoms with Gasteiger partial charge in [0.25, 0.3) is 0 Å². The largest absolute Gasteiger partial charge is 0.289 e. The summed E-state index contributed by atoms with van der Waals surface area (Å²) < 4.78 is 0. The maximum Gasteiger partial charge on any atom is 0.186 e. The molecule has 2 aliphatic rings. The minimum Gasteiger partial charge on any atom is -0.289 e. The first-order chi connectivity index (χ1) is 29.1. The Labute approximate surface area is 371 Å². The molecule has 0 amide bonds. The van der Waals surface area contributed by atoms with E-state index in [1.165, 1.54) is 0 Å². The number of rotatable bonds is 6. The lowest BCUT2D eigenvalue weighted by Crippen LogP contribution is -2.28. The molecule has 0 saturated heterocycles. The standard InChI is InChI=1S/C60H62O2/c1-57(2,3)49-35-47(36-50(55(49)61)58(4,5)6)53(43-30-26-41(27-31-43)39-20-15-13-16-21-39)45-24-19-25-46(34-45)54(44-32-28-42(29-33-44)40-22-17-14-18-23-40)48-37-51(59(7,8)9)56(62)52(38-48)60(10,11)12/h13-38H,1-12H3. The molecule has 0 fully saturated rings. The molecule has 0 atom stereocenters. The van der Waals surface area contributed by atoms with Crippen LogP contribution < -0.4 is 0 Å². The van der Waals surface area contributed by atoms with Gasteiger partial charge in [0.1, 0.15) is 0 Å². The second-order valence-corrected chi connectivity index (χ2v) is 21.0. The highest BCUT2D eigenvalue weighted by atomic mass is 16.1. The molecule has 0 bridgehead atoms. The lowest BCUT2D eigenvalue weighted by Gasteiger charge is -2.32. The van der Waals surface area contributed by atoms with Crippen molar-refractivity contribution in [1.82, 2.24) is 0 Å². The zero-order valence-corrected chi connectivity index (χ0v) is 38.8. The van der Waals surface area contributed by atoms with Crippen LogP contribution >= 0.6 is 0 Å². The Hall–Kier alpha value is -6.12. The van der Waals surface area contributed by atoms with Gasteiger partial charge in [-0.05, 0) is 119 Å². The van der Waals surface area contributed by atoms with E-state index in [9.17, 15) is 9.59 Å². The van der Waals surface area contributed by atoms with Crippen molar-refractivity contribution in [1.29, 1.82) is 0 Å². The summed E-state index contributed by atoms with van der Waals surface area (Å²) in [6, 6.07) is 47.4. The quantitative estimate of drug-likeness (QED) is 0.171. The van der Waals surface area contributed by atoms with Crippen molar-refractivity contribution in [3.05, 3.63) is 213 Å². The highest BCUT2D eigenvalue weighted by Gasteiger charge is 2.36. The van der Waals surface area contributed by atoms with Gasteiger partial charge >= 0.3 is 0 Å². The Morgan fingerprint density at radius 2 is 0.581 bits per heavy atom. The first-order valence-corrected chi connectivity index (χ1v) is 22.0. The zero-order chi connectivity index (χ0) is 44.8. The van der Waals surface area contributed by atoms with Crippen molar-refractivity contribution in [3.8, 4) is 22.3 Å². The third-order valence-corrected chi connectivity index (χ3v) is 12.0. The maximum absolute atomic E-state index is 14.3. The number of hydrogen-bond donors (Lipinski definition) is 0. The third-order valence-electron chi connectivity index (χ3n) is 12.0. The van der Waals surface area contributed by atoms with Crippen LogP contribution in [-0.4, -0.2) is 11.6 Å². The Bertz CT molecular complexity index is 2450. The minimum atomic E-state index is -0.368. The van der Waals surface area contributed by atoms with Crippen LogP contribution in [0.15, 0.2) is 191 Å². The number of ketones is 2. The average Bonchev–Trinajstić information content (AvgIpc) is 3.21. The lowest BCUT2D eigenvalue weighted by molar-refractivity contribution is -0.114. The molecule has 0 aromatic heterocycles. The van der Waals surface area contributed by atoms with E-state index in [0.717, 1.165) is 89.1 Å². The summed E-state index contributed by atoms with van der Waals surface area (Å²) in [5, 5.41) is 0. The Kier molecular flexibility index (Phi) is 11.8. The highest BCUT2D eigenvalue weighted by Crippen LogP contribution is 2.45. The molecule has 0 aliphatic heterocycles. The Balaban J connectivity index is 1.54. The fraction of sp³-hybridized carbons (Fsp3) is 0.267. The summed E-state index contributed by atoms with van der Waals surface area (Å²) in [5.41, 5.74) is 14.7. The van der Waals surface area contributed by atoms with Crippen LogP contribution in [0.5, 0.6) is 0 Å². The number of hydrogen-bond acceptors (Lipinski definition) is 2. The summed E-state index contributed by atoms with van der Waals surface area (Å²) in [5.74, 6) is 0.226. The molecule has 0 N–H and O–H groups in total. The van der Waals surface area contributed by atoms with Crippen molar-refractivity contribution in [2.75, 3.05) is 0 Å². The first kappa shape index (κ1) is 44.0. The SMILES string of the molecule is CC(C)(C)C1=CC(=C(c2ccc(-c3ccccc3)cc2)c2cccc(C(=C3C=C(C(C)(C)C)C(=O)C(C(C)(C)C)=C3)c3ccc(-c4ccccc4)cc3)c2)C=C(C(C)(C)C)C1=O. The van der Waals surface area contributed by atoms with Gasteiger partial charge in [-0.2, -0.15) is 0 Å². The van der Waals surface area contributed by atoms with Crippen LogP contribution in [-0.2, 0) is 9.59 Å². The number of benzene rings is 5. The smallest absolute Gasteiger partial charge is 0.186 e. The average molecular weight is 815 g/mol. The number of Topliss-reactive ketones (excluding diaryl/α,β-unsaturated/α-hetero) is 2. The number of allylic oxidation sites excluding steroid dienone is 10. The molecule has 0 unspecified atom stereocenters. The van der Waals surface area contributed by atoms with E-state index in [1.807, 2.05) is 12.1 Å². The second-order valence-electron chi connectivity index (χ2n) is 21.0. The molecule has 0 saturated carbocycles. The van der Waals surface area contributed by atoms with Gasteiger partial charge in [0.15, 0.2) is 11.6 Å². The van der Waals surface area contributed by atoms with Gasteiger partial charge in [-0.1, -0.05) is 210 Å². The number of carbonyl (C=O) groups excluding carboxylic acids is 2. The molecule has 0 spiro atoms. The van der Waals surface area contributed by atoms with E-state index in [4.69, 9.17) is 0 Å². The van der Waals surface area contributed by atoms with E-state index < -0.39 is 0 Å². The minimum absolute atomic E-state index is 0.113. The summed E-state index contributed by atoms with van der Waals surface area (Å²) >= 11 is 0. The molecule has 0 heterocycles. The van der Waals surface area contributed by atoms with Crippen molar-refractivity contribution >= 4 is 22.7 Å². The molecule has 2 nitrogen and oxygen atoms in total. The Morgan fingerprint density at radius 1 is 0.306 bits per heavy atom. The van der Waals surface area contributed by atoms with Gasteiger partial charge in [0.05, 0.1) is 0 Å². The topological polar surface area (TPSA) is 34.1 Å². The summed E-state index contributed by atoms with van der Waals surface area (Å²) in [6.07, 6.45) is 8.54. The van der Waals surface area contributed by atoms with E-state index in [-0.39, 0.29) is 33.2 Å². The Morgan fingerprint density at radius 3 is 0.855 bits per heavy atom. The predicted molar refractivity (Wildman–Crippen MR) is 262 cm³/mol. The summed E-state index contributed by atoms with van der Waals surface area (Å²) in [7, 11) is 0. The van der Waals surface area contributed by atoms with Crippen molar-refractivity contribution < 1.29 is 9.59 Å². The molecule has 0 radical (unpaired) electrons. The van der Waals surface area contributed by atoms with Crippen LogP contribution in [0, 0.1) is 21.7 Å². The molecular formula is C60H62O2. The molecule has 7 rings (SSSR count). The van der Waals surface area contributed by atoms with E-state index in [2.05, 4.69) is 229 Å². The van der Waals surface area contributed by atoms with Crippen LogP contribution in [0.3, 0.4) is 0 Å². The van der Waals surface area contributed by atoms with Crippen molar-refractivity contribution in [3.63, 3.8) is 0 Å². The molecule has 5 aromatic carbocycles. The van der Waals surface area contributed by atoms with Crippen LogP contribution in [0.1, 0.15) is 105 Å². The zero-order valence-electron chi connectivity index (χ0n) is 38.8. The first-order valence-electron chi connectivity index (χ1n) is 22.0. The van der Waals surface area contributed by atoms with Crippen molar-refractivity contribution in [2.45, 2.75) is 83.1 Å². The van der Waals surface area contributed by atoms with Gasteiger partial charge in [-0.25, -0.2) is 0 Å². The van der Waals surface area contributed by atoms with Gasteiger partial charge in [-0.3, -0.25) is 9.59 Å². The maximum atomic E-state index is 14.3. The fourth-order valence-electron chi connectivity index (χ4n) is 8.52. The number of carbonyl (C=O) groups is 2. The summed E-state index contributed by atoms with van der Waals surface area (Å²) in [6.45, 7) is 25.5. The summed E-state index contributed by atoms with van der Waals surface area (Å²) in [4.78, 5) is 28.5. The lowest BCUT2D eigenvalue weighted by atomic mass is 9.70. The monoisotopic (exact) mass is 814 g/mol. The van der Waals surface area contributed by atoms with Gasteiger partial charge in [0, 0.05) is 22.3 Å². The van der Waals surface area contributed by atoms with Crippen LogP contribution in [0.4, 0.5) is 0 Å². The van der Waals surface area contributed by atoms with E-state index in [0.29, 0.717) is 0 Å². The molecule has 314 valence electrons. The molecule has 2 heteroatoms.